The molecular formula is C9H9N5O. The smallest absolute Gasteiger partial charge is 0.201 e. The van der Waals surface area contributed by atoms with Crippen molar-refractivity contribution < 1.29 is 5.11 Å². The molecule has 0 amide bonds. The number of rotatable bonds is 3. The number of hydrogen-bond donors (Lipinski definition) is 4. The number of nitrogens with two attached hydrogens (primary N) is 1. The number of benzene rings is 1. The van der Waals surface area contributed by atoms with Gasteiger partial charge in [-0.1, -0.05) is 12.1 Å². The Morgan fingerprint density at radius 3 is 2.73 bits per heavy atom. The number of hydrogen-bond acceptors (Lipinski definition) is 5. The van der Waals surface area contributed by atoms with Gasteiger partial charge in [0.25, 0.3) is 0 Å². The van der Waals surface area contributed by atoms with Gasteiger partial charge in [0.05, 0.1) is 5.69 Å². The number of nitrogens with one attached hydrogen (secondary N) is 2. The minimum absolute atomic E-state index is 0.00194. The number of anilines is 1. The van der Waals surface area contributed by atoms with Crippen LogP contribution < -0.4 is 11.2 Å². The van der Waals surface area contributed by atoms with Crippen molar-refractivity contribution in [3.8, 4) is 11.8 Å². The number of hydrazone groups is 1. The van der Waals surface area contributed by atoms with Crippen LogP contribution in [0.3, 0.4) is 0 Å². The molecule has 1 rings (SSSR count). The van der Waals surface area contributed by atoms with Crippen LogP contribution in [-0.2, 0) is 0 Å². The maximum absolute atomic E-state index is 9.34. The maximum atomic E-state index is 9.34. The van der Waals surface area contributed by atoms with Gasteiger partial charge in [-0.25, -0.2) is 0 Å². The van der Waals surface area contributed by atoms with Gasteiger partial charge in [0.2, 0.25) is 5.71 Å². The number of phenolic OH excluding ortho intramolecular Hbond substituents is 1. The lowest BCUT2D eigenvalue weighted by Gasteiger charge is -2.02. The lowest BCUT2D eigenvalue weighted by molar-refractivity contribution is 0.477. The van der Waals surface area contributed by atoms with Gasteiger partial charge in [-0.05, 0) is 12.1 Å². The number of para-hydroxylation sites is 2. The second-order valence-corrected chi connectivity index (χ2v) is 2.61. The SMILES string of the molecule is N#C/C(=N\Nc1ccccc1O)C(=N)N. The van der Waals surface area contributed by atoms with Crippen LogP contribution in [0.15, 0.2) is 29.4 Å². The van der Waals surface area contributed by atoms with Gasteiger partial charge in [0.1, 0.15) is 11.8 Å². The summed E-state index contributed by atoms with van der Waals surface area (Å²) in [6.07, 6.45) is 0. The quantitative estimate of drug-likeness (QED) is 0.249. The highest BCUT2D eigenvalue weighted by Crippen LogP contribution is 2.21. The highest BCUT2D eigenvalue weighted by atomic mass is 16.3. The zero-order valence-electron chi connectivity index (χ0n) is 7.73. The van der Waals surface area contributed by atoms with E-state index in [0.717, 1.165) is 0 Å². The Balaban J connectivity index is 2.85. The summed E-state index contributed by atoms with van der Waals surface area (Å²) in [6, 6.07) is 8.04. The molecule has 0 aliphatic rings. The van der Waals surface area contributed by atoms with Crippen molar-refractivity contribution in [1.82, 2.24) is 0 Å². The van der Waals surface area contributed by atoms with Crippen LogP contribution >= 0.6 is 0 Å². The van der Waals surface area contributed by atoms with Crippen molar-refractivity contribution in [3.05, 3.63) is 24.3 Å². The Morgan fingerprint density at radius 1 is 1.53 bits per heavy atom. The van der Waals surface area contributed by atoms with Gasteiger partial charge < -0.3 is 10.8 Å². The van der Waals surface area contributed by atoms with E-state index in [-0.39, 0.29) is 11.5 Å². The number of nitrogens with zero attached hydrogens (tertiary/aromatic N) is 2. The molecule has 76 valence electrons. The van der Waals surface area contributed by atoms with Gasteiger partial charge in [-0.3, -0.25) is 10.8 Å². The van der Waals surface area contributed by atoms with Crippen LogP contribution in [0.1, 0.15) is 0 Å². The molecule has 1 aromatic carbocycles. The van der Waals surface area contributed by atoms with E-state index in [1.165, 1.54) is 6.07 Å². The van der Waals surface area contributed by atoms with Gasteiger partial charge >= 0.3 is 0 Å². The lowest BCUT2D eigenvalue weighted by Crippen LogP contribution is -2.21. The molecule has 0 spiro atoms. The minimum Gasteiger partial charge on any atom is -0.506 e. The summed E-state index contributed by atoms with van der Waals surface area (Å²) in [4.78, 5) is 0. The van der Waals surface area contributed by atoms with E-state index >= 15 is 0 Å². The van der Waals surface area contributed by atoms with Crippen LogP contribution in [0.25, 0.3) is 0 Å². The van der Waals surface area contributed by atoms with Gasteiger partial charge in [-0.2, -0.15) is 10.4 Å². The third-order valence-corrected chi connectivity index (χ3v) is 1.55. The molecule has 6 nitrogen and oxygen atoms in total. The molecule has 0 heterocycles. The van der Waals surface area contributed by atoms with Gasteiger partial charge in [0, 0.05) is 0 Å². The molecule has 0 aromatic heterocycles. The number of nitriles is 1. The second kappa shape index (κ2) is 4.62. The lowest BCUT2D eigenvalue weighted by atomic mass is 10.3. The minimum atomic E-state index is -0.430. The largest absolute Gasteiger partial charge is 0.506 e. The van der Waals surface area contributed by atoms with E-state index in [1.807, 2.05) is 0 Å². The molecule has 0 fully saturated rings. The maximum Gasteiger partial charge on any atom is 0.201 e. The van der Waals surface area contributed by atoms with Crippen LogP contribution in [0.5, 0.6) is 5.75 Å². The molecule has 0 unspecified atom stereocenters. The highest BCUT2D eigenvalue weighted by Gasteiger charge is 2.02. The fraction of sp³-hybridized carbons (Fsp3) is 0. The Kier molecular flexibility index (Phi) is 3.24. The van der Waals surface area contributed by atoms with Crippen molar-refractivity contribution in [2.75, 3.05) is 5.43 Å². The molecule has 15 heavy (non-hydrogen) atoms. The number of aromatic hydroxyl groups is 1. The third-order valence-electron chi connectivity index (χ3n) is 1.55. The standard InChI is InChI=1S/C9H9N5O/c10-5-7(9(11)12)14-13-6-3-1-2-4-8(6)15/h1-4,13,15H,(H3,11,12)/b14-7+. The van der Waals surface area contributed by atoms with Crippen LogP contribution in [0.4, 0.5) is 5.69 Å². The number of phenols is 1. The Bertz CT molecular complexity index is 446. The molecule has 0 atom stereocenters. The van der Waals surface area contributed by atoms with Gasteiger partial charge in [-0.15, -0.1) is 0 Å². The highest BCUT2D eigenvalue weighted by molar-refractivity contribution is 6.45. The van der Waals surface area contributed by atoms with Crippen LogP contribution in [0, 0.1) is 16.7 Å². The van der Waals surface area contributed by atoms with E-state index in [2.05, 4.69) is 10.5 Å². The fourth-order valence-electron chi connectivity index (χ4n) is 0.830. The average Bonchev–Trinajstić information content (AvgIpc) is 2.21. The average molecular weight is 203 g/mol. The van der Waals surface area contributed by atoms with E-state index < -0.39 is 5.84 Å². The predicted molar refractivity (Wildman–Crippen MR) is 56.7 cm³/mol. The predicted octanol–water partition coefficient (Wildman–Crippen LogP) is 0.620. The van der Waals surface area contributed by atoms with E-state index in [0.29, 0.717) is 5.69 Å². The second-order valence-electron chi connectivity index (χ2n) is 2.61. The van der Waals surface area contributed by atoms with Crippen molar-refractivity contribution >= 4 is 17.2 Å². The first-order valence-electron chi connectivity index (χ1n) is 4.01. The summed E-state index contributed by atoms with van der Waals surface area (Å²) in [7, 11) is 0. The normalized spacial score (nSPS) is 10.5. The summed E-state index contributed by atoms with van der Waals surface area (Å²) in [5.74, 6) is -0.428. The molecule has 0 aliphatic heterocycles. The molecular weight excluding hydrogens is 194 g/mol. The van der Waals surface area contributed by atoms with Gasteiger partial charge in [0.15, 0.2) is 5.84 Å². The number of amidine groups is 1. The third kappa shape index (κ3) is 2.70. The molecule has 0 radical (unpaired) electrons. The zero-order valence-corrected chi connectivity index (χ0v) is 7.73. The molecule has 1 aromatic rings. The van der Waals surface area contributed by atoms with E-state index in [9.17, 15) is 5.11 Å². The van der Waals surface area contributed by atoms with E-state index in [1.54, 1.807) is 24.3 Å². The Morgan fingerprint density at radius 2 is 2.20 bits per heavy atom. The summed E-state index contributed by atoms with van der Waals surface area (Å²) in [6.45, 7) is 0. The molecule has 6 heteroatoms. The molecule has 0 saturated heterocycles. The summed E-state index contributed by atoms with van der Waals surface area (Å²) < 4.78 is 0. The first-order valence-corrected chi connectivity index (χ1v) is 4.01. The fourth-order valence-corrected chi connectivity index (χ4v) is 0.830. The summed E-state index contributed by atoms with van der Waals surface area (Å²) >= 11 is 0. The topological polar surface area (TPSA) is 118 Å². The Hall–Kier alpha value is -2.55. The molecule has 0 aliphatic carbocycles. The zero-order chi connectivity index (χ0) is 11.3. The van der Waals surface area contributed by atoms with Crippen LogP contribution in [-0.4, -0.2) is 16.7 Å². The monoisotopic (exact) mass is 203 g/mol. The summed E-state index contributed by atoms with van der Waals surface area (Å²) in [5, 5.41) is 28.4. The van der Waals surface area contributed by atoms with Crippen molar-refractivity contribution in [3.63, 3.8) is 0 Å². The van der Waals surface area contributed by atoms with Crippen molar-refractivity contribution in [2.24, 2.45) is 10.8 Å². The summed E-state index contributed by atoms with van der Waals surface area (Å²) in [5.41, 5.74) is 7.62. The van der Waals surface area contributed by atoms with E-state index in [4.69, 9.17) is 16.4 Å². The first kappa shape index (κ1) is 10.5. The molecule has 5 N–H and O–H groups in total. The van der Waals surface area contributed by atoms with Crippen molar-refractivity contribution in [1.29, 1.82) is 10.7 Å². The Labute approximate surface area is 86.2 Å². The van der Waals surface area contributed by atoms with Crippen molar-refractivity contribution in [2.45, 2.75) is 0 Å². The molecule has 0 saturated carbocycles. The van der Waals surface area contributed by atoms with Crippen LogP contribution in [0.2, 0.25) is 0 Å². The first-order chi connectivity index (χ1) is 7.15. The molecule has 0 bridgehead atoms.